The molecule has 1 aromatic heterocycles. The summed E-state index contributed by atoms with van der Waals surface area (Å²) in [5.41, 5.74) is 1.31. The van der Waals surface area contributed by atoms with Gasteiger partial charge in [0.15, 0.2) is 0 Å². The molecule has 1 atom stereocenters. The molecule has 1 unspecified atom stereocenters. The van der Waals surface area contributed by atoms with Crippen molar-refractivity contribution in [2.24, 2.45) is 0 Å². The predicted molar refractivity (Wildman–Crippen MR) is 75.2 cm³/mol. The van der Waals surface area contributed by atoms with Gasteiger partial charge in [-0.2, -0.15) is 0 Å². The molecule has 1 aliphatic rings. The summed E-state index contributed by atoms with van der Waals surface area (Å²) in [4.78, 5) is 12.2. The van der Waals surface area contributed by atoms with Crippen LogP contribution in [-0.4, -0.2) is 16.2 Å². The highest BCUT2D eigenvalue weighted by atomic mass is 16.1. The Hall–Kier alpha value is -1.81. The zero-order valence-electron chi connectivity index (χ0n) is 11.1. The first-order valence-electron chi connectivity index (χ1n) is 6.79. The molecule has 1 heterocycles. The highest BCUT2D eigenvalue weighted by Gasteiger charge is 2.25. The molecule has 0 spiro atoms. The smallest absolute Gasteiger partial charge is 0.312 e. The van der Waals surface area contributed by atoms with Crippen molar-refractivity contribution in [2.75, 3.05) is 7.05 Å². The van der Waals surface area contributed by atoms with Crippen molar-refractivity contribution in [1.82, 2.24) is 14.5 Å². The first-order valence-corrected chi connectivity index (χ1v) is 6.79. The van der Waals surface area contributed by atoms with Gasteiger partial charge in [0.05, 0.1) is 6.04 Å². The number of rotatable bonds is 5. The molecule has 100 valence electrons. The van der Waals surface area contributed by atoms with E-state index in [0.29, 0.717) is 12.6 Å². The Bertz CT molecular complexity index is 595. The number of imidazole rings is 1. The number of hydrogen-bond donors (Lipinski definition) is 1. The van der Waals surface area contributed by atoms with Gasteiger partial charge >= 0.3 is 5.69 Å². The molecule has 1 N–H and O–H groups in total. The van der Waals surface area contributed by atoms with Gasteiger partial charge in [0, 0.05) is 25.0 Å². The van der Waals surface area contributed by atoms with Crippen molar-refractivity contribution in [3.05, 3.63) is 58.8 Å². The molecule has 19 heavy (non-hydrogen) atoms. The molecule has 1 aromatic carbocycles. The van der Waals surface area contributed by atoms with E-state index in [1.807, 2.05) is 42.2 Å². The van der Waals surface area contributed by atoms with Crippen LogP contribution in [0.2, 0.25) is 0 Å². The summed E-state index contributed by atoms with van der Waals surface area (Å²) >= 11 is 0. The first kappa shape index (κ1) is 12.2. The maximum absolute atomic E-state index is 12.2. The highest BCUT2D eigenvalue weighted by Crippen LogP contribution is 2.33. The lowest BCUT2D eigenvalue weighted by atomic mass is 10.1. The lowest BCUT2D eigenvalue weighted by molar-refractivity contribution is 0.484. The second-order valence-electron chi connectivity index (χ2n) is 5.12. The average Bonchev–Trinajstić information content (AvgIpc) is 3.22. The van der Waals surface area contributed by atoms with Crippen LogP contribution in [0.5, 0.6) is 0 Å². The van der Waals surface area contributed by atoms with E-state index >= 15 is 0 Å². The SMILES string of the molecule is CNC(Cn1ccn(C2CC2)c1=O)c1ccccc1. The first-order chi connectivity index (χ1) is 9.29. The molecule has 2 aromatic rings. The van der Waals surface area contributed by atoms with E-state index in [-0.39, 0.29) is 11.7 Å². The third-order valence-electron chi connectivity index (χ3n) is 3.74. The van der Waals surface area contributed by atoms with E-state index in [0.717, 1.165) is 12.8 Å². The fraction of sp³-hybridized carbons (Fsp3) is 0.400. The summed E-state index contributed by atoms with van der Waals surface area (Å²) in [6.45, 7) is 0.666. The molecular formula is C15H19N3O. The fourth-order valence-electron chi connectivity index (χ4n) is 2.44. The van der Waals surface area contributed by atoms with Crippen LogP contribution in [0.15, 0.2) is 47.5 Å². The number of nitrogens with zero attached hydrogens (tertiary/aromatic N) is 2. The summed E-state index contributed by atoms with van der Waals surface area (Å²) in [6.07, 6.45) is 6.09. The lowest BCUT2D eigenvalue weighted by Gasteiger charge is -2.16. The second kappa shape index (κ2) is 5.05. The Morgan fingerprint density at radius 3 is 2.63 bits per heavy atom. The van der Waals surface area contributed by atoms with Crippen LogP contribution in [0.1, 0.15) is 30.5 Å². The minimum Gasteiger partial charge on any atom is -0.312 e. The minimum atomic E-state index is 0.110. The number of benzene rings is 1. The molecular weight excluding hydrogens is 238 g/mol. The Morgan fingerprint density at radius 2 is 2.00 bits per heavy atom. The monoisotopic (exact) mass is 257 g/mol. The Kier molecular flexibility index (Phi) is 3.25. The maximum atomic E-state index is 12.2. The van der Waals surface area contributed by atoms with Crippen molar-refractivity contribution in [3.63, 3.8) is 0 Å². The van der Waals surface area contributed by atoms with E-state index in [1.54, 1.807) is 4.57 Å². The number of likely N-dealkylation sites (N-methyl/N-ethyl adjacent to an activating group) is 1. The lowest BCUT2D eigenvalue weighted by Crippen LogP contribution is -2.29. The van der Waals surface area contributed by atoms with Crippen LogP contribution in [0.3, 0.4) is 0 Å². The van der Waals surface area contributed by atoms with Crippen LogP contribution < -0.4 is 11.0 Å². The van der Waals surface area contributed by atoms with E-state index in [1.165, 1.54) is 5.56 Å². The zero-order chi connectivity index (χ0) is 13.2. The van der Waals surface area contributed by atoms with Crippen molar-refractivity contribution in [3.8, 4) is 0 Å². The molecule has 0 saturated heterocycles. The fourth-order valence-corrected chi connectivity index (χ4v) is 2.44. The van der Waals surface area contributed by atoms with Crippen molar-refractivity contribution < 1.29 is 0 Å². The van der Waals surface area contributed by atoms with Crippen LogP contribution in [0.25, 0.3) is 0 Å². The summed E-state index contributed by atoms with van der Waals surface area (Å²) in [5.74, 6) is 0. The van der Waals surface area contributed by atoms with E-state index in [2.05, 4.69) is 17.4 Å². The quantitative estimate of drug-likeness (QED) is 0.889. The standard InChI is InChI=1S/C15H19N3O/c1-16-14(12-5-3-2-4-6-12)11-17-9-10-18(15(17)19)13-7-8-13/h2-6,9-10,13-14,16H,7-8,11H2,1H3. The molecule has 1 saturated carbocycles. The third kappa shape index (κ3) is 2.49. The maximum Gasteiger partial charge on any atom is 0.328 e. The van der Waals surface area contributed by atoms with Gasteiger partial charge in [-0.05, 0) is 25.5 Å². The van der Waals surface area contributed by atoms with Crippen molar-refractivity contribution >= 4 is 0 Å². The van der Waals surface area contributed by atoms with Gasteiger partial charge in [-0.3, -0.25) is 9.13 Å². The number of aromatic nitrogens is 2. The Balaban J connectivity index is 1.81. The minimum absolute atomic E-state index is 0.110. The molecule has 0 radical (unpaired) electrons. The van der Waals surface area contributed by atoms with Gasteiger partial charge in [-0.1, -0.05) is 30.3 Å². The molecule has 4 heteroatoms. The van der Waals surface area contributed by atoms with E-state index in [9.17, 15) is 4.79 Å². The molecule has 3 rings (SSSR count). The zero-order valence-corrected chi connectivity index (χ0v) is 11.1. The Labute approximate surface area is 112 Å². The molecule has 0 bridgehead atoms. The van der Waals surface area contributed by atoms with Crippen LogP contribution in [-0.2, 0) is 6.54 Å². The molecule has 0 amide bonds. The van der Waals surface area contributed by atoms with E-state index in [4.69, 9.17) is 0 Å². The van der Waals surface area contributed by atoms with Gasteiger partial charge in [0.2, 0.25) is 0 Å². The third-order valence-corrected chi connectivity index (χ3v) is 3.74. The summed E-state index contributed by atoms with van der Waals surface area (Å²) in [6, 6.07) is 10.8. The average molecular weight is 257 g/mol. The van der Waals surface area contributed by atoms with Gasteiger partial charge in [0.25, 0.3) is 0 Å². The number of nitrogens with one attached hydrogen (secondary N) is 1. The van der Waals surface area contributed by atoms with Crippen LogP contribution >= 0.6 is 0 Å². The number of hydrogen-bond acceptors (Lipinski definition) is 2. The molecule has 1 aliphatic carbocycles. The normalized spacial score (nSPS) is 16.5. The predicted octanol–water partition coefficient (Wildman–Crippen LogP) is 1.95. The van der Waals surface area contributed by atoms with Crippen LogP contribution in [0.4, 0.5) is 0 Å². The second-order valence-corrected chi connectivity index (χ2v) is 5.12. The van der Waals surface area contributed by atoms with E-state index < -0.39 is 0 Å². The van der Waals surface area contributed by atoms with Gasteiger partial charge in [-0.15, -0.1) is 0 Å². The molecule has 0 aliphatic heterocycles. The van der Waals surface area contributed by atoms with Crippen molar-refractivity contribution in [1.29, 1.82) is 0 Å². The topological polar surface area (TPSA) is 39.0 Å². The van der Waals surface area contributed by atoms with Crippen molar-refractivity contribution in [2.45, 2.75) is 31.5 Å². The van der Waals surface area contributed by atoms with Gasteiger partial charge < -0.3 is 5.32 Å². The van der Waals surface area contributed by atoms with Gasteiger partial charge in [0.1, 0.15) is 0 Å². The summed E-state index contributed by atoms with van der Waals surface area (Å²) in [7, 11) is 1.93. The molecule has 4 nitrogen and oxygen atoms in total. The highest BCUT2D eigenvalue weighted by molar-refractivity contribution is 5.18. The largest absolute Gasteiger partial charge is 0.328 e. The van der Waals surface area contributed by atoms with Gasteiger partial charge in [-0.25, -0.2) is 4.79 Å². The summed E-state index contributed by atoms with van der Waals surface area (Å²) in [5, 5.41) is 3.28. The Morgan fingerprint density at radius 1 is 1.26 bits per heavy atom. The summed E-state index contributed by atoms with van der Waals surface area (Å²) < 4.78 is 3.66. The van der Waals surface area contributed by atoms with Crippen LogP contribution in [0, 0.1) is 0 Å². The molecule has 1 fully saturated rings.